The van der Waals surface area contributed by atoms with E-state index in [0.29, 0.717) is 18.3 Å². The van der Waals surface area contributed by atoms with Crippen LogP contribution in [0.3, 0.4) is 0 Å². The average molecular weight is 650 g/mol. The molecule has 0 heterocycles. The van der Waals surface area contributed by atoms with Crippen molar-refractivity contribution in [3.63, 3.8) is 0 Å². The van der Waals surface area contributed by atoms with Gasteiger partial charge in [-0.3, -0.25) is 4.57 Å². The summed E-state index contributed by atoms with van der Waals surface area (Å²) >= 11 is 5.33. The van der Waals surface area contributed by atoms with Gasteiger partial charge in [-0.25, -0.2) is 0 Å². The number of thiocarbonyl (C=S) groups is 1. The molecule has 0 saturated heterocycles. The van der Waals surface area contributed by atoms with Crippen LogP contribution in [0.1, 0.15) is 102 Å². The van der Waals surface area contributed by atoms with Crippen molar-refractivity contribution in [2.45, 2.75) is 109 Å². The molecule has 248 valence electrons. The fraction of sp³-hybridized carbons (Fsp3) is 0.618. The second kappa shape index (κ2) is 24.3. The number of phosphoric ester groups is 1. The first-order chi connectivity index (χ1) is 21.4. The number of methoxy groups -OCH3 is 1. The van der Waals surface area contributed by atoms with Crippen LogP contribution in [0.25, 0.3) is 0 Å². The number of hydrogen-bond donors (Lipinski definition) is 2. The molecule has 2 N–H and O–H groups in total. The lowest BCUT2D eigenvalue weighted by molar-refractivity contribution is -0.219. The van der Waals surface area contributed by atoms with Gasteiger partial charge in [0.2, 0.25) is 0 Å². The monoisotopic (exact) mass is 649 g/mol. The quantitative estimate of drug-likeness (QED) is 0.0590. The summed E-state index contributed by atoms with van der Waals surface area (Å²) in [5.41, 5.74) is 1.67. The van der Waals surface area contributed by atoms with Gasteiger partial charge in [-0.05, 0) is 48.5 Å². The summed E-state index contributed by atoms with van der Waals surface area (Å²) in [4.78, 5) is 12.5. The smallest absolute Gasteiger partial charge is 0.319 e. The summed E-state index contributed by atoms with van der Waals surface area (Å²) in [5.74, 6) is 0.160. The number of para-hydroxylation sites is 1. The fourth-order valence-electron chi connectivity index (χ4n) is 4.72. The second-order valence-electron chi connectivity index (χ2n) is 11.2. The van der Waals surface area contributed by atoms with E-state index in [0.717, 1.165) is 24.1 Å². The van der Waals surface area contributed by atoms with E-state index < -0.39 is 13.9 Å². The molecule has 44 heavy (non-hydrogen) atoms. The van der Waals surface area contributed by atoms with Gasteiger partial charge < -0.3 is 34.0 Å². The fourth-order valence-corrected chi connectivity index (χ4v) is 5.68. The van der Waals surface area contributed by atoms with Crippen LogP contribution in [0.15, 0.2) is 54.6 Å². The molecule has 0 aliphatic heterocycles. The molecule has 2 rings (SSSR count). The predicted molar refractivity (Wildman–Crippen MR) is 182 cm³/mol. The van der Waals surface area contributed by atoms with Crippen LogP contribution in [0, 0.1) is 0 Å². The molecule has 0 aliphatic rings. The van der Waals surface area contributed by atoms with Gasteiger partial charge in [0.15, 0.2) is 5.11 Å². The number of nitrogens with one attached hydrogen (secondary N) is 2. The number of benzene rings is 2. The lowest BCUT2D eigenvalue weighted by Crippen LogP contribution is -2.27. The first kappa shape index (κ1) is 38.2. The highest BCUT2D eigenvalue weighted by Crippen LogP contribution is 2.39. The van der Waals surface area contributed by atoms with Gasteiger partial charge >= 0.3 is 7.82 Å². The van der Waals surface area contributed by atoms with Crippen LogP contribution in [-0.4, -0.2) is 38.1 Å². The van der Waals surface area contributed by atoms with Crippen LogP contribution >= 0.6 is 20.0 Å². The molecule has 0 saturated carbocycles. The predicted octanol–water partition coefficient (Wildman–Crippen LogP) is 8.55. The zero-order valence-electron chi connectivity index (χ0n) is 26.8. The van der Waals surface area contributed by atoms with Gasteiger partial charge in [0.1, 0.15) is 11.9 Å². The Morgan fingerprint density at radius 2 is 1.45 bits per heavy atom. The molecule has 2 aromatic carbocycles. The number of unbranched alkanes of at least 4 members (excludes halogenated alkanes) is 13. The highest BCUT2D eigenvalue weighted by atomic mass is 32.1. The zero-order valence-corrected chi connectivity index (χ0v) is 28.5. The van der Waals surface area contributed by atoms with E-state index in [2.05, 4.69) is 17.6 Å². The molecule has 0 aliphatic carbocycles. The second-order valence-corrected chi connectivity index (χ2v) is 12.9. The lowest BCUT2D eigenvalue weighted by atomic mass is 10.0. The Kier molecular flexibility index (Phi) is 21.1. The van der Waals surface area contributed by atoms with Crippen molar-refractivity contribution in [2.24, 2.45) is 0 Å². The first-order valence-corrected chi connectivity index (χ1v) is 18.2. The SMILES string of the molecule is CCCCCCCCCCCCCCCCOCC(COP(=O)([O-])Oc1cccc(CNC(=S)Nc2ccccc2)c1)OC. The molecular weight excluding hydrogens is 595 g/mol. The van der Waals surface area contributed by atoms with Gasteiger partial charge in [-0.2, -0.15) is 0 Å². The Hall–Kier alpha value is -2.00. The standard InChI is InChI=1S/C34H55N2O6PS/c1-3-4-5-6-7-8-9-10-11-12-13-14-15-19-25-40-28-33(39-2)29-41-43(37,38)42-32-24-20-21-30(26-32)27-35-34(44)36-31-22-17-16-18-23-31/h16-18,20-24,26,33H,3-15,19,25,27-29H2,1-2H3,(H,37,38)(H2,35,36,44)/p-1. The number of anilines is 1. The van der Waals surface area contributed by atoms with E-state index >= 15 is 0 Å². The van der Waals surface area contributed by atoms with E-state index in [1.807, 2.05) is 36.4 Å². The van der Waals surface area contributed by atoms with Crippen LogP contribution < -0.4 is 20.1 Å². The maximum absolute atomic E-state index is 12.5. The molecule has 0 fully saturated rings. The maximum Gasteiger partial charge on any atom is 0.319 e. The Balaban J connectivity index is 1.53. The zero-order chi connectivity index (χ0) is 31.7. The molecule has 2 unspecified atom stereocenters. The number of phosphoric acid groups is 1. The average Bonchev–Trinajstić information content (AvgIpc) is 3.01. The number of ether oxygens (including phenoxy) is 2. The lowest BCUT2D eigenvalue weighted by Gasteiger charge is -2.25. The van der Waals surface area contributed by atoms with Gasteiger partial charge in [-0.1, -0.05) is 121 Å². The first-order valence-electron chi connectivity index (χ1n) is 16.4. The number of hydrogen-bond acceptors (Lipinski definition) is 7. The Morgan fingerprint density at radius 3 is 2.07 bits per heavy atom. The summed E-state index contributed by atoms with van der Waals surface area (Å²) in [6.45, 7) is 3.35. The van der Waals surface area contributed by atoms with E-state index in [1.54, 1.807) is 18.2 Å². The Bertz CT molecular complexity index is 1060. The molecule has 2 aromatic rings. The summed E-state index contributed by atoms with van der Waals surface area (Å²) in [6.07, 6.45) is 17.8. The molecule has 2 atom stereocenters. The molecule has 0 aromatic heterocycles. The maximum atomic E-state index is 12.5. The van der Waals surface area contributed by atoms with Crippen LogP contribution in [-0.2, 0) is 25.1 Å². The third kappa shape index (κ3) is 19.4. The summed E-state index contributed by atoms with van der Waals surface area (Å²) in [7, 11) is -3.10. The van der Waals surface area contributed by atoms with Crippen LogP contribution in [0.4, 0.5) is 5.69 Å². The van der Waals surface area contributed by atoms with Crippen LogP contribution in [0.2, 0.25) is 0 Å². The summed E-state index contributed by atoms with van der Waals surface area (Å²) in [6, 6.07) is 16.3. The summed E-state index contributed by atoms with van der Waals surface area (Å²) < 4.78 is 33.8. The van der Waals surface area contributed by atoms with Crippen molar-refractivity contribution in [1.82, 2.24) is 5.32 Å². The van der Waals surface area contributed by atoms with Crippen molar-refractivity contribution < 1.29 is 28.0 Å². The van der Waals surface area contributed by atoms with Gasteiger partial charge in [0.25, 0.3) is 0 Å². The minimum Gasteiger partial charge on any atom is -0.746 e. The highest BCUT2D eigenvalue weighted by molar-refractivity contribution is 7.80. The van der Waals surface area contributed by atoms with Gasteiger partial charge in [0, 0.05) is 25.9 Å². The Labute approximate surface area is 271 Å². The molecule has 0 radical (unpaired) electrons. The van der Waals surface area contributed by atoms with Crippen molar-refractivity contribution in [1.29, 1.82) is 0 Å². The molecular formula is C34H54N2O6PS-. The van der Waals surface area contributed by atoms with Gasteiger partial charge in [-0.15, -0.1) is 0 Å². The Morgan fingerprint density at radius 1 is 0.841 bits per heavy atom. The topological polar surface area (TPSA) is 101 Å². The minimum absolute atomic E-state index is 0.160. The van der Waals surface area contributed by atoms with Crippen molar-refractivity contribution in [3.8, 4) is 5.75 Å². The molecule has 8 nitrogen and oxygen atoms in total. The third-order valence-electron chi connectivity index (χ3n) is 7.30. The van der Waals surface area contributed by atoms with E-state index in [-0.39, 0.29) is 19.0 Å². The van der Waals surface area contributed by atoms with Crippen molar-refractivity contribution >= 4 is 30.8 Å². The van der Waals surface area contributed by atoms with Crippen molar-refractivity contribution in [3.05, 3.63) is 60.2 Å². The molecule has 0 bridgehead atoms. The number of rotatable bonds is 26. The van der Waals surface area contributed by atoms with E-state index in [9.17, 15) is 9.46 Å². The van der Waals surface area contributed by atoms with Crippen molar-refractivity contribution in [2.75, 3.05) is 32.2 Å². The third-order valence-corrected chi connectivity index (χ3v) is 8.44. The van der Waals surface area contributed by atoms with Gasteiger partial charge in [0.05, 0.1) is 13.2 Å². The molecule has 10 heteroatoms. The molecule has 0 amide bonds. The largest absolute Gasteiger partial charge is 0.746 e. The molecule has 0 spiro atoms. The van der Waals surface area contributed by atoms with E-state index in [4.69, 9.17) is 30.7 Å². The highest BCUT2D eigenvalue weighted by Gasteiger charge is 2.16. The summed E-state index contributed by atoms with van der Waals surface area (Å²) in [5, 5.41) is 6.65. The normalized spacial score (nSPS) is 13.2. The minimum atomic E-state index is -4.61. The van der Waals surface area contributed by atoms with Crippen LogP contribution in [0.5, 0.6) is 5.75 Å². The van der Waals surface area contributed by atoms with E-state index in [1.165, 1.54) is 84.2 Å².